The Kier molecular flexibility index (Phi) is 3.93. The fraction of sp³-hybridized carbons (Fsp3) is 0.158. The molecule has 3 rings (SSSR count). The largest absolute Gasteiger partial charge is 0.477 e. The Morgan fingerprint density at radius 3 is 2.38 bits per heavy atom. The van der Waals surface area contributed by atoms with Gasteiger partial charge in [0.15, 0.2) is 5.56 Å². The lowest BCUT2D eigenvalue weighted by Crippen LogP contribution is -2.15. The second-order valence-corrected chi connectivity index (χ2v) is 5.86. The normalized spacial score (nSPS) is 11.2. The number of halogens is 1. The molecule has 2 aromatic carbocycles. The molecule has 5 heteroatoms. The molecule has 24 heavy (non-hydrogen) atoms. The van der Waals surface area contributed by atoms with Crippen molar-refractivity contribution < 1.29 is 18.7 Å². The quantitative estimate of drug-likeness (QED) is 0.723. The summed E-state index contributed by atoms with van der Waals surface area (Å²) in [5.74, 6) is -1.60. The van der Waals surface area contributed by atoms with Crippen LogP contribution in [-0.4, -0.2) is 11.1 Å². The molecule has 0 aliphatic heterocycles. The monoisotopic (exact) mass is 326 g/mol. The minimum atomic E-state index is -1.38. The lowest BCUT2D eigenvalue weighted by molar-refractivity contribution is 0.0693. The molecule has 122 valence electrons. The Balaban J connectivity index is 2.46. The smallest absolute Gasteiger partial charge is 0.351 e. The highest BCUT2D eigenvalue weighted by atomic mass is 19.1. The number of aromatic carboxylic acids is 1. The summed E-state index contributed by atoms with van der Waals surface area (Å²) < 4.78 is 18.4. The van der Waals surface area contributed by atoms with E-state index in [9.17, 15) is 19.1 Å². The average Bonchev–Trinajstić information content (AvgIpc) is 2.53. The van der Waals surface area contributed by atoms with Gasteiger partial charge in [-0.15, -0.1) is 0 Å². The Labute approximate surface area is 137 Å². The summed E-state index contributed by atoms with van der Waals surface area (Å²) in [7, 11) is 0. The topological polar surface area (TPSA) is 67.5 Å². The van der Waals surface area contributed by atoms with Crippen molar-refractivity contribution in [3.63, 3.8) is 0 Å². The average molecular weight is 326 g/mol. The summed E-state index contributed by atoms with van der Waals surface area (Å²) >= 11 is 0. The van der Waals surface area contributed by atoms with Crippen LogP contribution in [0.25, 0.3) is 22.1 Å². The number of hydrogen-bond donors (Lipinski definition) is 1. The van der Waals surface area contributed by atoms with Gasteiger partial charge in [0.05, 0.1) is 0 Å². The molecule has 0 fully saturated rings. The molecule has 1 heterocycles. The SMILES string of the molecule is CC(C)c1ccc2oc(=O)c(C(=O)O)c(-c3ccc(F)cc3)c2c1. The molecule has 1 aromatic heterocycles. The maximum absolute atomic E-state index is 13.2. The summed E-state index contributed by atoms with van der Waals surface area (Å²) in [6.45, 7) is 4.02. The van der Waals surface area contributed by atoms with Crippen LogP contribution in [0.2, 0.25) is 0 Å². The number of carboxylic acid groups (broad SMARTS) is 1. The number of benzene rings is 2. The summed E-state index contributed by atoms with van der Waals surface area (Å²) in [4.78, 5) is 23.7. The van der Waals surface area contributed by atoms with Gasteiger partial charge in [-0.1, -0.05) is 32.0 Å². The van der Waals surface area contributed by atoms with Crippen molar-refractivity contribution in [3.8, 4) is 11.1 Å². The van der Waals surface area contributed by atoms with E-state index in [-0.39, 0.29) is 11.5 Å². The van der Waals surface area contributed by atoms with Crippen LogP contribution in [-0.2, 0) is 0 Å². The first-order valence-electron chi connectivity index (χ1n) is 7.48. The van der Waals surface area contributed by atoms with Crippen LogP contribution in [0.4, 0.5) is 4.39 Å². The van der Waals surface area contributed by atoms with Crippen LogP contribution in [0.3, 0.4) is 0 Å². The highest BCUT2D eigenvalue weighted by Gasteiger charge is 2.22. The van der Waals surface area contributed by atoms with Crippen LogP contribution in [0, 0.1) is 5.82 Å². The van der Waals surface area contributed by atoms with Crippen LogP contribution in [0.15, 0.2) is 51.7 Å². The fourth-order valence-corrected chi connectivity index (χ4v) is 2.69. The van der Waals surface area contributed by atoms with E-state index in [1.165, 1.54) is 24.3 Å². The van der Waals surface area contributed by atoms with Gasteiger partial charge >= 0.3 is 11.6 Å². The van der Waals surface area contributed by atoms with Crippen LogP contribution in [0.5, 0.6) is 0 Å². The number of carbonyl (C=O) groups is 1. The Morgan fingerprint density at radius 1 is 1.12 bits per heavy atom. The van der Waals surface area contributed by atoms with Gasteiger partial charge in [-0.05, 0) is 41.3 Å². The summed E-state index contributed by atoms with van der Waals surface area (Å²) in [5, 5.41) is 9.98. The number of fused-ring (bicyclic) bond motifs is 1. The van der Waals surface area contributed by atoms with Gasteiger partial charge in [-0.25, -0.2) is 14.0 Å². The zero-order valence-electron chi connectivity index (χ0n) is 13.2. The minimum Gasteiger partial charge on any atom is -0.477 e. The Hall–Kier alpha value is -2.95. The van der Waals surface area contributed by atoms with Crippen LogP contribution >= 0.6 is 0 Å². The van der Waals surface area contributed by atoms with E-state index in [4.69, 9.17) is 4.42 Å². The van der Waals surface area contributed by atoms with Crippen molar-refractivity contribution in [2.24, 2.45) is 0 Å². The third-order valence-corrected chi connectivity index (χ3v) is 3.94. The van der Waals surface area contributed by atoms with E-state index >= 15 is 0 Å². The molecule has 0 saturated heterocycles. The molecule has 4 nitrogen and oxygen atoms in total. The number of rotatable bonds is 3. The Morgan fingerprint density at radius 2 is 1.79 bits per heavy atom. The lowest BCUT2D eigenvalue weighted by Gasteiger charge is -2.12. The van der Waals surface area contributed by atoms with Gasteiger partial charge in [0.25, 0.3) is 0 Å². The van der Waals surface area contributed by atoms with Crippen molar-refractivity contribution in [3.05, 3.63) is 69.8 Å². The maximum Gasteiger partial charge on any atom is 0.351 e. The van der Waals surface area contributed by atoms with Gasteiger partial charge in [0, 0.05) is 10.9 Å². The zero-order valence-corrected chi connectivity index (χ0v) is 13.2. The zero-order chi connectivity index (χ0) is 17.4. The molecular formula is C19H15FO4. The molecule has 0 unspecified atom stereocenters. The van der Waals surface area contributed by atoms with Crippen molar-refractivity contribution in [2.75, 3.05) is 0 Å². The molecule has 0 spiro atoms. The van der Waals surface area contributed by atoms with Crippen molar-refractivity contribution in [1.82, 2.24) is 0 Å². The maximum atomic E-state index is 13.2. The van der Waals surface area contributed by atoms with E-state index in [1.54, 1.807) is 6.07 Å². The first-order valence-corrected chi connectivity index (χ1v) is 7.48. The third-order valence-electron chi connectivity index (χ3n) is 3.94. The molecule has 3 aromatic rings. The second kappa shape index (κ2) is 5.92. The predicted molar refractivity (Wildman–Crippen MR) is 88.9 cm³/mol. The molecule has 0 radical (unpaired) electrons. The first-order chi connectivity index (χ1) is 11.4. The third kappa shape index (κ3) is 2.69. The number of carboxylic acids is 1. The Bertz CT molecular complexity index is 985. The summed E-state index contributed by atoms with van der Waals surface area (Å²) in [5.41, 5.74) is 0.607. The van der Waals surface area contributed by atoms with Gasteiger partial charge in [-0.2, -0.15) is 0 Å². The van der Waals surface area contributed by atoms with Crippen LogP contribution < -0.4 is 5.63 Å². The van der Waals surface area contributed by atoms with E-state index in [0.717, 1.165) is 5.56 Å². The van der Waals surface area contributed by atoms with Gasteiger partial charge in [-0.3, -0.25) is 0 Å². The van der Waals surface area contributed by atoms with E-state index in [0.29, 0.717) is 16.5 Å². The van der Waals surface area contributed by atoms with E-state index in [1.807, 2.05) is 26.0 Å². The highest BCUT2D eigenvalue weighted by Crippen LogP contribution is 2.32. The molecule has 0 saturated carbocycles. The molecule has 0 bridgehead atoms. The van der Waals surface area contributed by atoms with Crippen molar-refractivity contribution >= 4 is 16.9 Å². The van der Waals surface area contributed by atoms with Crippen molar-refractivity contribution in [1.29, 1.82) is 0 Å². The molecule has 0 atom stereocenters. The van der Waals surface area contributed by atoms with E-state index < -0.39 is 23.0 Å². The molecule has 0 amide bonds. The molecular weight excluding hydrogens is 311 g/mol. The molecule has 1 N–H and O–H groups in total. The standard InChI is InChI=1S/C19H15FO4/c1-10(2)12-5-8-15-14(9-12)16(11-3-6-13(20)7-4-11)17(18(21)22)19(23)24-15/h3-10H,1-2H3,(H,21,22). The summed E-state index contributed by atoms with van der Waals surface area (Å²) in [6.07, 6.45) is 0. The molecule has 0 aliphatic rings. The summed E-state index contributed by atoms with van der Waals surface area (Å²) in [6, 6.07) is 10.7. The predicted octanol–water partition coefficient (Wildman–Crippen LogP) is 4.42. The van der Waals surface area contributed by atoms with Crippen molar-refractivity contribution in [2.45, 2.75) is 19.8 Å². The minimum absolute atomic E-state index is 0.218. The van der Waals surface area contributed by atoms with E-state index in [2.05, 4.69) is 0 Å². The molecule has 0 aliphatic carbocycles. The number of hydrogen-bond acceptors (Lipinski definition) is 3. The fourth-order valence-electron chi connectivity index (χ4n) is 2.69. The van der Waals surface area contributed by atoms with Gasteiger partial charge < -0.3 is 9.52 Å². The van der Waals surface area contributed by atoms with Crippen LogP contribution in [0.1, 0.15) is 35.7 Å². The lowest BCUT2D eigenvalue weighted by atomic mass is 9.94. The highest BCUT2D eigenvalue weighted by molar-refractivity contribution is 6.05. The first kappa shape index (κ1) is 15.9. The van der Waals surface area contributed by atoms with Gasteiger partial charge in [0.1, 0.15) is 11.4 Å². The second-order valence-electron chi connectivity index (χ2n) is 5.86. The van der Waals surface area contributed by atoms with Gasteiger partial charge in [0.2, 0.25) is 0 Å².